The molecule has 0 spiro atoms. The zero-order valence-corrected chi connectivity index (χ0v) is 12.7. The van der Waals surface area contributed by atoms with Gasteiger partial charge in [0.15, 0.2) is 5.65 Å². The number of anilines is 1. The van der Waals surface area contributed by atoms with Gasteiger partial charge in [0, 0.05) is 13.1 Å². The Balaban J connectivity index is 1.80. The van der Waals surface area contributed by atoms with Crippen molar-refractivity contribution in [3.05, 3.63) is 42.9 Å². The van der Waals surface area contributed by atoms with Gasteiger partial charge in [-0.1, -0.05) is 25.1 Å². The third-order valence-corrected chi connectivity index (χ3v) is 3.39. The van der Waals surface area contributed by atoms with E-state index in [9.17, 15) is 0 Å². The maximum absolute atomic E-state index is 4.44. The zero-order valence-electron chi connectivity index (χ0n) is 12.7. The van der Waals surface area contributed by atoms with Crippen LogP contribution in [0.3, 0.4) is 0 Å². The zero-order chi connectivity index (χ0) is 15.2. The molecule has 2 aromatic heterocycles. The third kappa shape index (κ3) is 3.07. The van der Waals surface area contributed by atoms with Crippen LogP contribution in [0, 0.1) is 0 Å². The summed E-state index contributed by atoms with van der Waals surface area (Å²) in [6.45, 7) is 4.92. The van der Waals surface area contributed by atoms with Crippen LogP contribution in [-0.4, -0.2) is 39.4 Å². The Morgan fingerprint density at radius 1 is 1.05 bits per heavy atom. The second-order valence-corrected chi connectivity index (χ2v) is 5.03. The van der Waals surface area contributed by atoms with Gasteiger partial charge >= 0.3 is 0 Å². The van der Waals surface area contributed by atoms with E-state index in [-0.39, 0.29) is 0 Å². The summed E-state index contributed by atoms with van der Waals surface area (Å²) in [6.07, 6.45) is 4.52. The highest BCUT2D eigenvalue weighted by Crippen LogP contribution is 2.21. The van der Waals surface area contributed by atoms with E-state index in [1.807, 2.05) is 41.2 Å². The summed E-state index contributed by atoms with van der Waals surface area (Å²) in [5.41, 5.74) is 1.80. The van der Waals surface area contributed by atoms with E-state index < -0.39 is 0 Å². The molecule has 2 N–H and O–H groups in total. The lowest BCUT2D eigenvalue weighted by Gasteiger charge is -2.07. The largest absolute Gasteiger partial charge is 0.368 e. The van der Waals surface area contributed by atoms with Gasteiger partial charge in [-0.25, -0.2) is 14.6 Å². The Bertz CT molecular complexity index is 722. The van der Waals surface area contributed by atoms with Crippen LogP contribution in [-0.2, 0) is 0 Å². The summed E-state index contributed by atoms with van der Waals surface area (Å²) in [4.78, 5) is 8.70. The standard InChI is InChI=1S/C16H20N6/c1-2-8-17-9-10-18-15-14-11-21-22(16(14)20-12-19-15)13-6-4-3-5-7-13/h3-7,11-12,17H,2,8-10H2,1H3,(H,18,19,20). The molecule has 3 rings (SSSR count). The molecule has 0 bridgehead atoms. The van der Waals surface area contributed by atoms with Gasteiger partial charge in [-0.2, -0.15) is 5.10 Å². The number of nitrogens with zero attached hydrogens (tertiary/aromatic N) is 4. The molecule has 0 atom stereocenters. The topological polar surface area (TPSA) is 67.7 Å². The maximum atomic E-state index is 4.44. The normalized spacial score (nSPS) is 11.0. The number of hydrogen-bond acceptors (Lipinski definition) is 5. The summed E-state index contributed by atoms with van der Waals surface area (Å²) in [5, 5.41) is 12.1. The number of para-hydroxylation sites is 1. The molecular formula is C16H20N6. The van der Waals surface area contributed by atoms with Crippen LogP contribution >= 0.6 is 0 Å². The lowest BCUT2D eigenvalue weighted by Crippen LogP contribution is -2.23. The van der Waals surface area contributed by atoms with Crippen LogP contribution < -0.4 is 10.6 Å². The quantitative estimate of drug-likeness (QED) is 0.654. The Morgan fingerprint density at radius 3 is 2.73 bits per heavy atom. The molecule has 3 aromatic rings. The van der Waals surface area contributed by atoms with Crippen LogP contribution in [0.15, 0.2) is 42.9 Å². The molecule has 0 aliphatic heterocycles. The van der Waals surface area contributed by atoms with E-state index in [2.05, 4.69) is 32.6 Å². The van der Waals surface area contributed by atoms with E-state index in [1.54, 1.807) is 6.33 Å². The highest BCUT2D eigenvalue weighted by molar-refractivity contribution is 5.87. The van der Waals surface area contributed by atoms with Crippen molar-refractivity contribution >= 4 is 16.9 Å². The maximum Gasteiger partial charge on any atom is 0.168 e. The Hall–Kier alpha value is -2.47. The summed E-state index contributed by atoms with van der Waals surface area (Å²) in [5.74, 6) is 0.825. The molecule has 6 heteroatoms. The molecule has 2 heterocycles. The fourth-order valence-electron chi connectivity index (χ4n) is 2.31. The van der Waals surface area contributed by atoms with Crippen LogP contribution in [0.2, 0.25) is 0 Å². The van der Waals surface area contributed by atoms with Gasteiger partial charge in [-0.3, -0.25) is 0 Å². The van der Waals surface area contributed by atoms with Crippen LogP contribution in [0.1, 0.15) is 13.3 Å². The Labute approximate surface area is 129 Å². The SMILES string of the molecule is CCCNCCNc1ncnc2c1cnn2-c1ccccc1. The minimum absolute atomic E-state index is 0.810. The molecule has 6 nitrogen and oxygen atoms in total. The molecule has 0 amide bonds. The molecule has 0 saturated heterocycles. The number of nitrogens with one attached hydrogen (secondary N) is 2. The average Bonchev–Trinajstić information content (AvgIpc) is 3.00. The van der Waals surface area contributed by atoms with Crippen molar-refractivity contribution in [1.29, 1.82) is 0 Å². The van der Waals surface area contributed by atoms with Gasteiger partial charge in [0.05, 0.1) is 17.3 Å². The first kappa shape index (κ1) is 14.5. The first-order chi connectivity index (χ1) is 10.9. The van der Waals surface area contributed by atoms with Gasteiger partial charge in [-0.15, -0.1) is 0 Å². The fourth-order valence-corrected chi connectivity index (χ4v) is 2.31. The van der Waals surface area contributed by atoms with Gasteiger partial charge in [0.1, 0.15) is 12.1 Å². The average molecular weight is 296 g/mol. The molecular weight excluding hydrogens is 276 g/mol. The lowest BCUT2D eigenvalue weighted by molar-refractivity contribution is 0.687. The molecule has 0 saturated carbocycles. The van der Waals surface area contributed by atoms with Gasteiger partial charge in [0.2, 0.25) is 0 Å². The number of aromatic nitrogens is 4. The first-order valence-electron chi connectivity index (χ1n) is 7.59. The predicted octanol–water partition coefficient (Wildman–Crippen LogP) is 2.23. The molecule has 1 aromatic carbocycles. The highest BCUT2D eigenvalue weighted by atomic mass is 15.3. The summed E-state index contributed by atoms with van der Waals surface area (Å²) >= 11 is 0. The Morgan fingerprint density at radius 2 is 1.91 bits per heavy atom. The summed E-state index contributed by atoms with van der Waals surface area (Å²) in [6, 6.07) is 9.98. The fraction of sp³-hybridized carbons (Fsp3) is 0.312. The molecule has 0 fully saturated rings. The van der Waals surface area contributed by atoms with Crippen molar-refractivity contribution in [2.75, 3.05) is 25.0 Å². The van der Waals surface area contributed by atoms with Gasteiger partial charge < -0.3 is 10.6 Å². The van der Waals surface area contributed by atoms with Crippen LogP contribution in [0.5, 0.6) is 0 Å². The number of benzene rings is 1. The molecule has 114 valence electrons. The van der Waals surface area contributed by atoms with E-state index in [0.29, 0.717) is 0 Å². The van der Waals surface area contributed by atoms with Crippen LogP contribution in [0.4, 0.5) is 5.82 Å². The minimum atomic E-state index is 0.810. The number of rotatable bonds is 7. The molecule has 0 unspecified atom stereocenters. The minimum Gasteiger partial charge on any atom is -0.368 e. The van der Waals surface area contributed by atoms with E-state index in [4.69, 9.17) is 0 Å². The third-order valence-electron chi connectivity index (χ3n) is 3.39. The van der Waals surface area contributed by atoms with Crippen molar-refractivity contribution in [2.45, 2.75) is 13.3 Å². The van der Waals surface area contributed by atoms with Crippen LogP contribution in [0.25, 0.3) is 16.7 Å². The van der Waals surface area contributed by atoms with E-state index in [1.165, 1.54) is 0 Å². The van der Waals surface area contributed by atoms with Gasteiger partial charge in [0.25, 0.3) is 0 Å². The van der Waals surface area contributed by atoms with E-state index in [0.717, 1.165) is 48.6 Å². The monoisotopic (exact) mass is 296 g/mol. The second kappa shape index (κ2) is 7.00. The van der Waals surface area contributed by atoms with E-state index >= 15 is 0 Å². The van der Waals surface area contributed by atoms with Crippen molar-refractivity contribution in [1.82, 2.24) is 25.1 Å². The summed E-state index contributed by atoms with van der Waals surface area (Å²) in [7, 11) is 0. The van der Waals surface area contributed by atoms with Crippen molar-refractivity contribution in [3.63, 3.8) is 0 Å². The molecule has 22 heavy (non-hydrogen) atoms. The first-order valence-corrected chi connectivity index (χ1v) is 7.59. The lowest BCUT2D eigenvalue weighted by atomic mass is 10.3. The van der Waals surface area contributed by atoms with Gasteiger partial charge in [-0.05, 0) is 25.1 Å². The van der Waals surface area contributed by atoms with Crippen molar-refractivity contribution < 1.29 is 0 Å². The predicted molar refractivity (Wildman–Crippen MR) is 88.3 cm³/mol. The second-order valence-electron chi connectivity index (χ2n) is 5.03. The number of fused-ring (bicyclic) bond motifs is 1. The highest BCUT2D eigenvalue weighted by Gasteiger charge is 2.10. The smallest absolute Gasteiger partial charge is 0.168 e. The molecule has 0 aliphatic rings. The molecule has 0 radical (unpaired) electrons. The number of hydrogen-bond donors (Lipinski definition) is 2. The van der Waals surface area contributed by atoms with Crippen molar-refractivity contribution in [3.8, 4) is 5.69 Å². The Kier molecular flexibility index (Phi) is 4.60. The van der Waals surface area contributed by atoms with Crippen molar-refractivity contribution in [2.24, 2.45) is 0 Å². The summed E-state index contributed by atoms with van der Waals surface area (Å²) < 4.78 is 1.83. The molecule has 0 aliphatic carbocycles.